The van der Waals surface area contributed by atoms with E-state index >= 15 is 0 Å². The van der Waals surface area contributed by atoms with E-state index in [9.17, 15) is 40.1 Å². The molecule has 0 aliphatic carbocycles. The number of nitrogens with zero attached hydrogens (tertiary/aromatic N) is 3. The van der Waals surface area contributed by atoms with Crippen molar-refractivity contribution in [3.05, 3.63) is 103 Å². The van der Waals surface area contributed by atoms with Crippen LogP contribution in [0.25, 0.3) is 6.08 Å². The monoisotopic (exact) mass is 695 g/mol. The Balaban J connectivity index is 1.54. The maximum Gasteiger partial charge on any atom is 0.416 e. The van der Waals surface area contributed by atoms with Crippen LogP contribution in [0.1, 0.15) is 11.1 Å². The Kier molecular flexibility index (Phi) is 10.2. The molecule has 0 N–H and O–H groups in total. The molecule has 0 amide bonds. The highest BCUT2D eigenvalue weighted by molar-refractivity contribution is 8.04. The van der Waals surface area contributed by atoms with Crippen LogP contribution in [0.15, 0.2) is 81.4 Å². The van der Waals surface area contributed by atoms with Crippen molar-refractivity contribution in [2.45, 2.75) is 16.0 Å². The summed E-state index contributed by atoms with van der Waals surface area (Å²) in [6.45, 7) is -0.844. The predicted octanol–water partition coefficient (Wildman–Crippen LogP) is 6.39. The lowest BCUT2D eigenvalue weighted by atomic mass is 10.2. The summed E-state index contributed by atoms with van der Waals surface area (Å²) < 4.78 is 93.8. The van der Waals surface area contributed by atoms with Crippen LogP contribution in [-0.2, 0) is 26.2 Å². The van der Waals surface area contributed by atoms with E-state index in [4.69, 9.17) is 23.2 Å². The van der Waals surface area contributed by atoms with Crippen LogP contribution >= 0.6 is 35.0 Å². The zero-order valence-corrected chi connectivity index (χ0v) is 25.8. The molecule has 1 saturated heterocycles. The van der Waals surface area contributed by atoms with E-state index in [0.717, 1.165) is 32.5 Å². The minimum Gasteiger partial charge on any atom is -0.258 e. The van der Waals surface area contributed by atoms with Crippen LogP contribution in [0.2, 0.25) is 10.0 Å². The fraction of sp³-hybridized carbons (Fsp3) is 0.231. The Morgan fingerprint density at radius 3 is 2.16 bits per heavy atom. The van der Waals surface area contributed by atoms with Crippen molar-refractivity contribution in [3.63, 3.8) is 0 Å². The summed E-state index contributed by atoms with van der Waals surface area (Å²) in [6, 6.07) is 13.4. The highest BCUT2D eigenvalue weighted by atomic mass is 35.5. The van der Waals surface area contributed by atoms with Gasteiger partial charge in [-0.1, -0.05) is 47.1 Å². The zero-order valence-electron chi connectivity index (χ0n) is 21.9. The Labute approximate surface area is 260 Å². The molecule has 3 aromatic rings. The lowest BCUT2D eigenvalue weighted by Crippen LogP contribution is -2.51. The average Bonchev–Trinajstić information content (AvgIpc) is 2.94. The quantitative estimate of drug-likeness (QED) is 0.145. The van der Waals surface area contributed by atoms with Crippen molar-refractivity contribution < 1.29 is 34.9 Å². The molecular weight excluding hydrogens is 674 g/mol. The summed E-state index contributed by atoms with van der Waals surface area (Å²) in [5.41, 5.74) is -0.808. The average molecular weight is 697 g/mol. The number of halogens is 5. The molecule has 0 bridgehead atoms. The first-order valence-corrected chi connectivity index (χ1v) is 16.9. The number of nitro benzene ring substituents is 1. The van der Waals surface area contributed by atoms with Gasteiger partial charge in [0.15, 0.2) is 0 Å². The molecule has 17 heteroatoms. The molecule has 3 aromatic carbocycles. The van der Waals surface area contributed by atoms with E-state index in [1.54, 1.807) is 24.3 Å². The Morgan fingerprint density at radius 1 is 0.930 bits per heavy atom. The van der Waals surface area contributed by atoms with E-state index < -0.39 is 42.5 Å². The topological polar surface area (TPSA) is 118 Å². The number of piperazine rings is 1. The van der Waals surface area contributed by atoms with Gasteiger partial charge in [-0.15, -0.1) is 0 Å². The molecule has 0 spiro atoms. The van der Waals surface area contributed by atoms with Crippen LogP contribution in [0.3, 0.4) is 0 Å². The van der Waals surface area contributed by atoms with E-state index in [0.29, 0.717) is 32.6 Å². The van der Waals surface area contributed by atoms with Crippen molar-refractivity contribution in [1.29, 1.82) is 0 Å². The molecule has 1 aliphatic rings. The molecule has 0 unspecified atom stereocenters. The Morgan fingerprint density at radius 2 is 1.56 bits per heavy atom. The van der Waals surface area contributed by atoms with E-state index in [-0.39, 0.29) is 41.7 Å². The molecule has 1 heterocycles. The molecule has 4 rings (SSSR count). The molecule has 230 valence electrons. The fourth-order valence-electron chi connectivity index (χ4n) is 4.14. The molecule has 43 heavy (non-hydrogen) atoms. The largest absolute Gasteiger partial charge is 0.416 e. The number of nitro groups is 1. The predicted molar refractivity (Wildman–Crippen MR) is 159 cm³/mol. The second-order valence-corrected chi connectivity index (χ2v) is 15.1. The third kappa shape index (κ3) is 8.29. The SMILES string of the molecule is O=[N+]([O-])c1cccc(C=C(CS(=O)(=O)N2CCN(S(=O)(=O)c3ccc(C(F)(F)F)cc3)CC2)Sc2cc(Cl)ccc2Cl)c1. The number of thioether (sulfide) groups is 1. The smallest absolute Gasteiger partial charge is 0.258 e. The first-order valence-electron chi connectivity index (χ1n) is 12.3. The maximum atomic E-state index is 13.5. The van der Waals surface area contributed by atoms with Crippen molar-refractivity contribution in [2.75, 3.05) is 31.9 Å². The number of rotatable bonds is 9. The zero-order chi connectivity index (χ0) is 31.6. The van der Waals surface area contributed by atoms with Gasteiger partial charge in [0.25, 0.3) is 5.69 Å². The Bertz CT molecular complexity index is 1760. The van der Waals surface area contributed by atoms with Gasteiger partial charge in [0.1, 0.15) is 0 Å². The molecule has 0 aromatic heterocycles. The number of hydrogen-bond donors (Lipinski definition) is 0. The summed E-state index contributed by atoms with van der Waals surface area (Å²) in [5.74, 6) is -0.533. The van der Waals surface area contributed by atoms with Gasteiger partial charge in [0, 0.05) is 53.1 Å². The lowest BCUT2D eigenvalue weighted by Gasteiger charge is -2.33. The van der Waals surface area contributed by atoms with Gasteiger partial charge in [-0.25, -0.2) is 16.8 Å². The summed E-state index contributed by atoms with van der Waals surface area (Å²) in [6.07, 6.45) is -3.14. The van der Waals surface area contributed by atoms with Crippen LogP contribution in [0.4, 0.5) is 18.9 Å². The number of hydrogen-bond acceptors (Lipinski definition) is 7. The second-order valence-electron chi connectivity index (χ2n) is 9.22. The van der Waals surface area contributed by atoms with Crippen LogP contribution in [0, 0.1) is 10.1 Å². The molecule has 9 nitrogen and oxygen atoms in total. The number of non-ortho nitro benzene ring substituents is 1. The van der Waals surface area contributed by atoms with Gasteiger partial charge in [-0.05, 0) is 54.1 Å². The highest BCUT2D eigenvalue weighted by Crippen LogP contribution is 2.37. The first kappa shape index (κ1) is 33.2. The summed E-state index contributed by atoms with van der Waals surface area (Å²) in [5, 5.41) is 11.9. The first-order chi connectivity index (χ1) is 20.1. The van der Waals surface area contributed by atoms with Gasteiger partial charge in [-0.3, -0.25) is 10.1 Å². The van der Waals surface area contributed by atoms with Gasteiger partial charge in [-0.2, -0.15) is 21.8 Å². The third-order valence-electron chi connectivity index (χ3n) is 6.28. The summed E-state index contributed by atoms with van der Waals surface area (Å²) in [4.78, 5) is 11.0. The second kappa shape index (κ2) is 13.1. The minimum absolute atomic E-state index is 0.188. The number of alkyl halides is 3. The van der Waals surface area contributed by atoms with Crippen molar-refractivity contribution in [3.8, 4) is 0 Å². The van der Waals surface area contributed by atoms with Gasteiger partial charge in [0.2, 0.25) is 20.0 Å². The van der Waals surface area contributed by atoms with Crippen LogP contribution < -0.4 is 0 Å². The highest BCUT2D eigenvalue weighted by Gasteiger charge is 2.35. The van der Waals surface area contributed by atoms with Gasteiger partial charge in [0.05, 0.1) is 26.2 Å². The normalized spacial score (nSPS) is 15.9. The third-order valence-corrected chi connectivity index (χ3v) is 12.0. The summed E-state index contributed by atoms with van der Waals surface area (Å²) >= 11 is 13.4. The van der Waals surface area contributed by atoms with Crippen molar-refractivity contribution in [1.82, 2.24) is 8.61 Å². The minimum atomic E-state index is -4.62. The molecule has 0 saturated carbocycles. The van der Waals surface area contributed by atoms with Gasteiger partial charge >= 0.3 is 6.18 Å². The van der Waals surface area contributed by atoms with Gasteiger partial charge < -0.3 is 0 Å². The van der Waals surface area contributed by atoms with E-state index in [1.807, 2.05) is 0 Å². The molecule has 0 atom stereocenters. The van der Waals surface area contributed by atoms with E-state index in [1.165, 1.54) is 24.3 Å². The van der Waals surface area contributed by atoms with E-state index in [2.05, 4.69) is 0 Å². The maximum absolute atomic E-state index is 13.5. The number of benzene rings is 3. The van der Waals surface area contributed by atoms with Crippen molar-refractivity contribution in [2.24, 2.45) is 0 Å². The lowest BCUT2D eigenvalue weighted by molar-refractivity contribution is -0.384. The summed E-state index contributed by atoms with van der Waals surface area (Å²) in [7, 11) is -8.21. The molecule has 1 fully saturated rings. The molecule has 0 radical (unpaired) electrons. The van der Waals surface area contributed by atoms with Crippen LogP contribution in [-0.4, -0.2) is 62.3 Å². The Hall–Kier alpha value is -2.66. The molecular formula is C26H22Cl2F3N3O6S3. The number of sulfonamides is 2. The molecule has 1 aliphatic heterocycles. The fourth-order valence-corrected chi connectivity index (χ4v) is 8.88. The van der Waals surface area contributed by atoms with Crippen LogP contribution in [0.5, 0.6) is 0 Å². The standard InChI is InChI=1S/C26H22Cl2F3N3O6S3/c27-20-6-9-24(28)25(16-20)41-22(15-18-2-1-3-21(14-18)34(35)36)17-42(37,38)32-10-12-33(13-11-32)43(39,40)23-7-4-19(5-8-23)26(29,30)31/h1-9,14-16H,10-13,17H2. The van der Waals surface area contributed by atoms with Crippen molar-refractivity contribution >= 4 is 66.8 Å².